The zero-order chi connectivity index (χ0) is 22.7. The average Bonchev–Trinajstić information content (AvgIpc) is 2.98. The summed E-state index contributed by atoms with van der Waals surface area (Å²) in [5.41, 5.74) is -0.537. The van der Waals surface area contributed by atoms with Crippen molar-refractivity contribution in [1.82, 2.24) is 10.2 Å². The van der Waals surface area contributed by atoms with E-state index >= 15 is 0 Å². The van der Waals surface area contributed by atoms with E-state index in [1.165, 1.54) is 18.1 Å². The molecule has 3 amide bonds. The highest BCUT2D eigenvalue weighted by molar-refractivity contribution is 6.04. The third-order valence-corrected chi connectivity index (χ3v) is 4.82. The number of hydrogen-bond acceptors (Lipinski definition) is 5. The maximum absolute atomic E-state index is 12.9. The summed E-state index contributed by atoms with van der Waals surface area (Å²) in [6, 6.07) is -0.398. The number of carbonyl (C=O) groups excluding carboxylic acids is 3. The number of nitrogens with one attached hydrogen (secondary N) is 1. The normalized spacial score (nSPS) is 17.2. The number of ether oxygens (including phenoxy) is 2. The van der Waals surface area contributed by atoms with Crippen LogP contribution in [-0.2, 0) is 19.1 Å². The van der Waals surface area contributed by atoms with Gasteiger partial charge in [0.1, 0.15) is 11.4 Å². The lowest BCUT2D eigenvalue weighted by atomic mass is 10.00. The van der Waals surface area contributed by atoms with Gasteiger partial charge >= 0.3 is 6.09 Å². The summed E-state index contributed by atoms with van der Waals surface area (Å²) < 4.78 is 10.6. The first-order chi connectivity index (χ1) is 14.1. The van der Waals surface area contributed by atoms with Gasteiger partial charge < -0.3 is 14.8 Å². The van der Waals surface area contributed by atoms with Crippen LogP contribution in [0.2, 0.25) is 0 Å². The Morgan fingerprint density at radius 3 is 2.57 bits per heavy atom. The van der Waals surface area contributed by atoms with Gasteiger partial charge in [0.2, 0.25) is 5.91 Å². The molecule has 168 valence electrons. The number of rotatable bonds is 11. The molecule has 1 heterocycles. The lowest BCUT2D eigenvalue weighted by Crippen LogP contribution is -2.43. The molecule has 7 nitrogen and oxygen atoms in total. The van der Waals surface area contributed by atoms with Crippen molar-refractivity contribution in [3.05, 3.63) is 11.8 Å². The molecule has 0 aromatic rings. The van der Waals surface area contributed by atoms with E-state index < -0.39 is 17.7 Å². The first-order valence-corrected chi connectivity index (χ1v) is 10.6. The highest BCUT2D eigenvalue weighted by Gasteiger charge is 2.39. The summed E-state index contributed by atoms with van der Waals surface area (Å²) in [5.74, 6) is 2.34. The van der Waals surface area contributed by atoms with Crippen LogP contribution in [0.25, 0.3) is 0 Å². The molecular weight excluding hydrogens is 384 g/mol. The number of alkyl carbamates (subject to hydrolysis) is 1. The lowest BCUT2D eigenvalue weighted by Gasteiger charge is -2.27. The smallest absolute Gasteiger partial charge is 0.407 e. The van der Waals surface area contributed by atoms with Crippen LogP contribution in [0.1, 0.15) is 72.6 Å². The van der Waals surface area contributed by atoms with Crippen LogP contribution in [-0.4, -0.2) is 48.1 Å². The molecule has 0 saturated carbocycles. The van der Waals surface area contributed by atoms with E-state index in [9.17, 15) is 14.4 Å². The molecule has 0 spiro atoms. The molecule has 1 N–H and O–H groups in total. The van der Waals surface area contributed by atoms with Gasteiger partial charge in [0.25, 0.3) is 5.91 Å². The maximum atomic E-state index is 12.9. The Labute approximate surface area is 180 Å². The van der Waals surface area contributed by atoms with E-state index in [-0.39, 0.29) is 17.7 Å². The van der Waals surface area contributed by atoms with Crippen molar-refractivity contribution in [2.45, 2.75) is 84.3 Å². The molecule has 0 aliphatic carbocycles. The van der Waals surface area contributed by atoms with Gasteiger partial charge in [0.05, 0.1) is 13.2 Å². The fourth-order valence-electron chi connectivity index (χ4n) is 3.30. The van der Waals surface area contributed by atoms with Crippen LogP contribution in [0.15, 0.2) is 11.8 Å². The van der Waals surface area contributed by atoms with Gasteiger partial charge in [-0.1, -0.05) is 13.3 Å². The van der Waals surface area contributed by atoms with Crippen LogP contribution >= 0.6 is 0 Å². The Hall–Kier alpha value is -2.49. The molecule has 0 fully saturated rings. The first kappa shape index (κ1) is 25.5. The third kappa shape index (κ3) is 8.48. The van der Waals surface area contributed by atoms with Crippen LogP contribution in [0.4, 0.5) is 4.79 Å². The molecule has 2 atom stereocenters. The van der Waals surface area contributed by atoms with Crippen LogP contribution in [0.3, 0.4) is 0 Å². The van der Waals surface area contributed by atoms with Crippen LogP contribution in [0, 0.1) is 18.3 Å². The Balaban J connectivity index is 2.55. The SMILES string of the molecule is C#CCCCC[C@@H](C)C(=O)N1C(=O)C=C(OC)C1CCCCNC(=O)OC(C)(C)C. The Bertz CT molecular complexity index is 672. The second kappa shape index (κ2) is 12.3. The average molecular weight is 421 g/mol. The van der Waals surface area contributed by atoms with Gasteiger partial charge in [-0.2, -0.15) is 0 Å². The van der Waals surface area contributed by atoms with E-state index in [0.717, 1.165) is 19.3 Å². The third-order valence-electron chi connectivity index (χ3n) is 4.82. The van der Waals surface area contributed by atoms with Crippen LogP contribution in [0.5, 0.6) is 0 Å². The molecule has 0 radical (unpaired) electrons. The van der Waals surface area contributed by atoms with Crippen molar-refractivity contribution < 1.29 is 23.9 Å². The molecule has 0 saturated heterocycles. The lowest BCUT2D eigenvalue weighted by molar-refractivity contribution is -0.146. The van der Waals surface area contributed by atoms with E-state index in [1.807, 2.05) is 27.7 Å². The highest BCUT2D eigenvalue weighted by atomic mass is 16.6. The quantitative estimate of drug-likeness (QED) is 0.406. The minimum Gasteiger partial charge on any atom is -0.499 e. The maximum Gasteiger partial charge on any atom is 0.407 e. The van der Waals surface area contributed by atoms with Crippen molar-refractivity contribution >= 4 is 17.9 Å². The number of nitrogens with zero attached hydrogens (tertiary/aromatic N) is 1. The number of hydrogen-bond donors (Lipinski definition) is 1. The summed E-state index contributed by atoms with van der Waals surface area (Å²) in [7, 11) is 1.51. The number of terminal acetylenes is 1. The number of carbonyl (C=O) groups is 3. The predicted octanol–water partition coefficient (Wildman–Crippen LogP) is 3.78. The van der Waals surface area contributed by atoms with E-state index in [0.29, 0.717) is 38.0 Å². The van der Waals surface area contributed by atoms with E-state index in [1.54, 1.807) is 0 Å². The Morgan fingerprint density at radius 2 is 1.97 bits per heavy atom. The summed E-state index contributed by atoms with van der Waals surface area (Å²) in [6.07, 6.45) is 11.3. The van der Waals surface area contributed by atoms with Crippen molar-refractivity contribution in [2.24, 2.45) is 5.92 Å². The fourth-order valence-corrected chi connectivity index (χ4v) is 3.30. The standard InChI is InChI=1S/C23H36N2O5/c1-7-8-9-10-13-17(2)21(27)25-18(19(29-6)16-20(25)26)14-11-12-15-24-22(28)30-23(3,4)5/h1,16-18H,8-15H2,2-6H3,(H,24,28)/t17-,18?/m1/s1. The van der Waals surface area contributed by atoms with Gasteiger partial charge in [0, 0.05) is 25.0 Å². The predicted molar refractivity (Wildman–Crippen MR) is 115 cm³/mol. The van der Waals surface area contributed by atoms with Gasteiger partial charge in [-0.25, -0.2) is 4.79 Å². The fraction of sp³-hybridized carbons (Fsp3) is 0.696. The monoisotopic (exact) mass is 420 g/mol. The molecule has 0 aromatic heterocycles. The van der Waals surface area contributed by atoms with Gasteiger partial charge in [-0.15, -0.1) is 12.3 Å². The van der Waals surface area contributed by atoms with Crippen molar-refractivity contribution in [2.75, 3.05) is 13.7 Å². The molecule has 30 heavy (non-hydrogen) atoms. The second-order valence-corrected chi connectivity index (χ2v) is 8.59. The molecule has 1 aliphatic heterocycles. The molecular formula is C23H36N2O5. The number of imide groups is 1. The highest BCUT2D eigenvalue weighted by Crippen LogP contribution is 2.27. The molecule has 1 rings (SSSR count). The topological polar surface area (TPSA) is 84.9 Å². The Morgan fingerprint density at radius 1 is 1.27 bits per heavy atom. The molecule has 0 bridgehead atoms. The van der Waals surface area contributed by atoms with E-state index in [2.05, 4.69) is 11.2 Å². The second-order valence-electron chi connectivity index (χ2n) is 8.59. The summed E-state index contributed by atoms with van der Waals surface area (Å²) in [6.45, 7) is 7.73. The molecule has 0 aromatic carbocycles. The summed E-state index contributed by atoms with van der Waals surface area (Å²) >= 11 is 0. The van der Waals surface area contributed by atoms with Crippen LogP contribution < -0.4 is 5.32 Å². The van der Waals surface area contributed by atoms with Gasteiger partial charge in [-0.05, 0) is 52.9 Å². The largest absolute Gasteiger partial charge is 0.499 e. The number of unbranched alkanes of at least 4 members (excludes halogenated alkanes) is 3. The minimum atomic E-state index is -0.537. The first-order valence-electron chi connectivity index (χ1n) is 10.6. The Kier molecular flexibility index (Phi) is 10.4. The zero-order valence-electron chi connectivity index (χ0n) is 19.0. The molecule has 7 heteroatoms. The van der Waals surface area contributed by atoms with Crippen molar-refractivity contribution in [3.8, 4) is 12.3 Å². The van der Waals surface area contributed by atoms with Crippen molar-refractivity contribution in [3.63, 3.8) is 0 Å². The van der Waals surface area contributed by atoms with Crippen molar-refractivity contribution in [1.29, 1.82) is 0 Å². The zero-order valence-corrected chi connectivity index (χ0v) is 19.0. The summed E-state index contributed by atoms with van der Waals surface area (Å²) in [5, 5.41) is 2.72. The number of methoxy groups -OCH3 is 1. The summed E-state index contributed by atoms with van der Waals surface area (Å²) in [4.78, 5) is 38.4. The van der Waals surface area contributed by atoms with Gasteiger partial charge in [-0.3, -0.25) is 14.5 Å². The number of amides is 3. The van der Waals surface area contributed by atoms with Gasteiger partial charge in [0.15, 0.2) is 0 Å². The van der Waals surface area contributed by atoms with E-state index in [4.69, 9.17) is 15.9 Å². The molecule has 1 unspecified atom stereocenters. The molecule has 1 aliphatic rings. The minimum absolute atomic E-state index is 0.180.